The fourth-order valence-electron chi connectivity index (χ4n) is 1.17. The summed E-state index contributed by atoms with van der Waals surface area (Å²) in [5.41, 5.74) is -0.568. The minimum absolute atomic E-state index is 0.183. The predicted molar refractivity (Wildman–Crippen MR) is 53.7 cm³/mol. The summed E-state index contributed by atoms with van der Waals surface area (Å²) >= 11 is 0. The van der Waals surface area contributed by atoms with Crippen LogP contribution in [0.25, 0.3) is 0 Å². The van der Waals surface area contributed by atoms with Crippen molar-refractivity contribution in [1.29, 1.82) is 0 Å². The number of nitro benzene ring substituents is 1. The minimum atomic E-state index is -1.42. The molecule has 7 nitrogen and oxygen atoms in total. The van der Waals surface area contributed by atoms with Crippen molar-refractivity contribution in [2.45, 2.75) is 6.42 Å². The van der Waals surface area contributed by atoms with Crippen molar-refractivity contribution in [1.82, 2.24) is 0 Å². The maximum absolute atomic E-state index is 10.6. The van der Waals surface area contributed by atoms with E-state index >= 15 is 0 Å². The van der Waals surface area contributed by atoms with E-state index in [1.54, 1.807) is 6.07 Å². The molecule has 0 heterocycles. The Kier molecular flexibility index (Phi) is 3.54. The Bertz CT molecular complexity index is 455. The normalized spacial score (nSPS) is 11.1. The Morgan fingerprint density at radius 2 is 2.06 bits per heavy atom. The molecule has 0 amide bonds. The van der Waals surface area contributed by atoms with Crippen LogP contribution in [-0.2, 0) is 11.2 Å². The molecule has 0 aliphatic carbocycles. The number of nitro groups is 1. The summed E-state index contributed by atoms with van der Waals surface area (Å²) in [4.78, 5) is 20.6. The average Bonchev–Trinajstić information content (AvgIpc) is 2.25. The highest BCUT2D eigenvalue weighted by Gasteiger charge is 2.18. The second kappa shape index (κ2) is 4.87. The van der Waals surface area contributed by atoms with Gasteiger partial charge in [0, 0.05) is 18.1 Å². The summed E-state index contributed by atoms with van der Waals surface area (Å²) in [5.74, 6) is -1.42. The van der Waals surface area contributed by atoms with E-state index in [1.165, 1.54) is 18.2 Å². The molecular weight excluding hydrogens is 216 g/mol. The maximum atomic E-state index is 10.6. The number of carboxylic acids is 1. The van der Waals surface area contributed by atoms with Gasteiger partial charge < -0.3 is 10.3 Å². The zero-order valence-corrected chi connectivity index (χ0v) is 8.03. The summed E-state index contributed by atoms with van der Waals surface area (Å²) in [7, 11) is 0. The van der Waals surface area contributed by atoms with Crippen LogP contribution in [0.3, 0.4) is 0 Å². The molecule has 0 aliphatic rings. The van der Waals surface area contributed by atoms with Crippen molar-refractivity contribution in [3.05, 3.63) is 39.9 Å². The number of para-hydroxylation sites is 1. The predicted octanol–water partition coefficient (Wildman–Crippen LogP) is 1.05. The number of oxime groups is 1. The quantitative estimate of drug-likeness (QED) is 0.343. The van der Waals surface area contributed by atoms with Crippen LogP contribution in [0.5, 0.6) is 0 Å². The lowest BCUT2D eigenvalue weighted by molar-refractivity contribution is -0.385. The van der Waals surface area contributed by atoms with Gasteiger partial charge in [0.2, 0.25) is 0 Å². The van der Waals surface area contributed by atoms with Crippen molar-refractivity contribution in [3.63, 3.8) is 0 Å². The molecule has 0 unspecified atom stereocenters. The molecule has 2 N–H and O–H groups in total. The Morgan fingerprint density at radius 3 is 2.56 bits per heavy atom. The van der Waals surface area contributed by atoms with Crippen molar-refractivity contribution in [3.8, 4) is 0 Å². The fourth-order valence-corrected chi connectivity index (χ4v) is 1.17. The third-order valence-corrected chi connectivity index (χ3v) is 1.91. The number of hydrogen-bond donors (Lipinski definition) is 2. The zero-order chi connectivity index (χ0) is 12.1. The zero-order valence-electron chi connectivity index (χ0n) is 8.03. The van der Waals surface area contributed by atoms with Crippen LogP contribution in [0.1, 0.15) is 5.56 Å². The van der Waals surface area contributed by atoms with E-state index in [1.807, 2.05) is 0 Å². The number of carbonyl (C=O) groups is 1. The van der Waals surface area contributed by atoms with Crippen molar-refractivity contribution < 1.29 is 20.0 Å². The largest absolute Gasteiger partial charge is 0.477 e. The average molecular weight is 224 g/mol. The van der Waals surface area contributed by atoms with Crippen LogP contribution >= 0.6 is 0 Å². The monoisotopic (exact) mass is 224 g/mol. The highest BCUT2D eigenvalue weighted by molar-refractivity contribution is 6.35. The minimum Gasteiger partial charge on any atom is -0.477 e. The molecule has 16 heavy (non-hydrogen) atoms. The van der Waals surface area contributed by atoms with E-state index < -0.39 is 16.6 Å². The summed E-state index contributed by atoms with van der Waals surface area (Å²) < 4.78 is 0. The molecule has 0 saturated carbocycles. The van der Waals surface area contributed by atoms with E-state index in [9.17, 15) is 14.9 Å². The van der Waals surface area contributed by atoms with E-state index in [2.05, 4.69) is 5.16 Å². The third kappa shape index (κ3) is 2.53. The topological polar surface area (TPSA) is 113 Å². The summed E-state index contributed by atoms with van der Waals surface area (Å²) in [6.07, 6.45) is -0.303. The van der Waals surface area contributed by atoms with Crippen molar-refractivity contribution >= 4 is 17.4 Å². The molecule has 0 aliphatic heterocycles. The van der Waals surface area contributed by atoms with Crippen LogP contribution in [0.15, 0.2) is 29.4 Å². The van der Waals surface area contributed by atoms with Gasteiger partial charge in [0.15, 0.2) is 5.71 Å². The molecule has 0 aromatic heterocycles. The lowest BCUT2D eigenvalue weighted by Crippen LogP contribution is -2.16. The maximum Gasteiger partial charge on any atom is 0.354 e. The number of aliphatic carboxylic acids is 1. The summed E-state index contributed by atoms with van der Waals surface area (Å²) in [6.45, 7) is 0. The molecule has 7 heteroatoms. The van der Waals surface area contributed by atoms with Crippen molar-refractivity contribution in [2.24, 2.45) is 5.16 Å². The van der Waals surface area contributed by atoms with Gasteiger partial charge in [-0.2, -0.15) is 0 Å². The van der Waals surface area contributed by atoms with Gasteiger partial charge in [0.1, 0.15) is 0 Å². The fraction of sp³-hybridized carbons (Fsp3) is 0.111. The number of hydrogen-bond acceptors (Lipinski definition) is 5. The molecule has 0 fully saturated rings. The van der Waals surface area contributed by atoms with Gasteiger partial charge >= 0.3 is 5.97 Å². The van der Waals surface area contributed by atoms with Crippen molar-refractivity contribution in [2.75, 3.05) is 0 Å². The molecule has 1 aromatic rings. The SMILES string of the molecule is O=C(O)/C(Cc1ccccc1[N+](=O)[O-])=N/O. The Morgan fingerprint density at radius 1 is 1.44 bits per heavy atom. The second-order valence-electron chi connectivity index (χ2n) is 2.91. The van der Waals surface area contributed by atoms with Gasteiger partial charge in [-0.3, -0.25) is 10.1 Å². The second-order valence-corrected chi connectivity index (χ2v) is 2.91. The number of nitrogens with zero attached hydrogens (tertiary/aromatic N) is 2. The first-order chi connectivity index (χ1) is 7.56. The molecule has 0 atom stereocenters. The van der Waals surface area contributed by atoms with Gasteiger partial charge in [0.05, 0.1) is 4.92 Å². The van der Waals surface area contributed by atoms with Gasteiger partial charge in [-0.25, -0.2) is 4.79 Å². The number of benzene rings is 1. The Labute approximate surface area is 89.8 Å². The summed E-state index contributed by atoms with van der Waals surface area (Å²) in [6, 6.07) is 5.68. The highest BCUT2D eigenvalue weighted by atomic mass is 16.6. The molecule has 0 saturated heterocycles. The Balaban J connectivity index is 3.06. The molecule has 84 valence electrons. The Hall–Kier alpha value is -2.44. The highest BCUT2D eigenvalue weighted by Crippen LogP contribution is 2.18. The van der Waals surface area contributed by atoms with Crippen LogP contribution in [-0.4, -0.2) is 26.9 Å². The first-order valence-electron chi connectivity index (χ1n) is 4.22. The first kappa shape index (κ1) is 11.6. The van der Waals surface area contributed by atoms with Crippen LogP contribution in [0.2, 0.25) is 0 Å². The number of rotatable bonds is 4. The van der Waals surface area contributed by atoms with Gasteiger partial charge in [-0.05, 0) is 0 Å². The number of carboxylic acid groups (broad SMARTS) is 1. The lowest BCUT2D eigenvalue weighted by atomic mass is 10.1. The van der Waals surface area contributed by atoms with E-state index in [0.717, 1.165) is 0 Å². The van der Waals surface area contributed by atoms with E-state index in [0.29, 0.717) is 0 Å². The lowest BCUT2D eigenvalue weighted by Gasteiger charge is -2.01. The van der Waals surface area contributed by atoms with E-state index in [-0.39, 0.29) is 17.7 Å². The molecule has 0 spiro atoms. The van der Waals surface area contributed by atoms with Gasteiger partial charge in [-0.1, -0.05) is 23.4 Å². The molecule has 0 bridgehead atoms. The molecule has 0 radical (unpaired) electrons. The first-order valence-corrected chi connectivity index (χ1v) is 4.22. The van der Waals surface area contributed by atoms with Crippen LogP contribution in [0.4, 0.5) is 5.69 Å². The molecule has 1 rings (SSSR count). The van der Waals surface area contributed by atoms with Gasteiger partial charge in [0.25, 0.3) is 5.69 Å². The van der Waals surface area contributed by atoms with Crippen LogP contribution in [0, 0.1) is 10.1 Å². The molecule has 1 aromatic carbocycles. The smallest absolute Gasteiger partial charge is 0.354 e. The summed E-state index contributed by atoms with van der Waals surface area (Å²) in [5, 5.41) is 30.2. The van der Waals surface area contributed by atoms with Gasteiger partial charge in [-0.15, -0.1) is 0 Å². The van der Waals surface area contributed by atoms with E-state index in [4.69, 9.17) is 10.3 Å². The molecular formula is C9H8N2O5. The standard InChI is InChI=1S/C9H8N2O5/c12-9(13)7(10-14)5-6-3-1-2-4-8(6)11(15)16/h1-4,14H,5H2,(H,12,13)/b10-7+. The third-order valence-electron chi connectivity index (χ3n) is 1.91. The van der Waals surface area contributed by atoms with Crippen LogP contribution < -0.4 is 0 Å².